The Morgan fingerprint density at radius 2 is 1.60 bits per heavy atom. The van der Waals surface area contributed by atoms with E-state index in [2.05, 4.69) is 77.2 Å². The molecule has 162 valence electrons. The van der Waals surface area contributed by atoms with Crippen molar-refractivity contribution in [1.82, 2.24) is 9.38 Å². The molecule has 0 unspecified atom stereocenters. The third-order valence-electron chi connectivity index (χ3n) is 5.73. The molecule has 0 radical (unpaired) electrons. The van der Waals surface area contributed by atoms with Gasteiger partial charge >= 0.3 is 0 Å². The van der Waals surface area contributed by atoms with Crippen LogP contribution in [0.5, 0.6) is 0 Å². The second kappa shape index (κ2) is 9.28. The van der Waals surface area contributed by atoms with Crippen LogP contribution in [0.25, 0.3) is 16.8 Å². The van der Waals surface area contributed by atoms with E-state index in [0.717, 1.165) is 52.6 Å². The van der Waals surface area contributed by atoms with E-state index in [1.165, 1.54) is 24.4 Å². The zero-order valence-corrected chi connectivity index (χ0v) is 19.5. The summed E-state index contributed by atoms with van der Waals surface area (Å²) in [5.41, 5.74) is 8.72. The van der Waals surface area contributed by atoms with Gasteiger partial charge in [0.1, 0.15) is 11.5 Å². The highest BCUT2D eigenvalue weighted by Crippen LogP contribution is 2.41. The van der Waals surface area contributed by atoms with Gasteiger partial charge in [0.05, 0.1) is 0 Å². The van der Waals surface area contributed by atoms with Gasteiger partial charge in [-0.25, -0.2) is 4.98 Å². The van der Waals surface area contributed by atoms with Gasteiger partial charge in [0.25, 0.3) is 0 Å². The molecule has 0 bridgehead atoms. The van der Waals surface area contributed by atoms with Crippen molar-refractivity contribution in [1.29, 1.82) is 0 Å². The maximum absolute atomic E-state index is 4.99. The van der Waals surface area contributed by atoms with Crippen LogP contribution < -0.4 is 20.9 Å². The highest BCUT2D eigenvalue weighted by atomic mass is 15.2. The fourth-order valence-electron chi connectivity index (χ4n) is 4.15. The van der Waals surface area contributed by atoms with Gasteiger partial charge in [-0.3, -0.25) is 4.40 Å². The molecule has 3 N–H and O–H groups in total. The van der Waals surface area contributed by atoms with Gasteiger partial charge in [0.15, 0.2) is 0 Å². The van der Waals surface area contributed by atoms with Crippen molar-refractivity contribution in [2.45, 2.75) is 40.5 Å². The molecule has 6 nitrogen and oxygen atoms in total. The van der Waals surface area contributed by atoms with Crippen molar-refractivity contribution in [3.8, 4) is 11.1 Å². The van der Waals surface area contributed by atoms with Crippen molar-refractivity contribution in [3.63, 3.8) is 0 Å². The van der Waals surface area contributed by atoms with E-state index in [4.69, 9.17) is 4.98 Å². The molecular weight excluding hydrogens is 372 g/mol. The van der Waals surface area contributed by atoms with Gasteiger partial charge in [-0.1, -0.05) is 13.3 Å². The number of hydrogen-bond donors (Lipinski definition) is 3. The van der Waals surface area contributed by atoms with Gasteiger partial charge in [-0.15, -0.1) is 0 Å². The van der Waals surface area contributed by atoms with Crippen LogP contribution in [0.15, 0.2) is 24.3 Å². The predicted molar refractivity (Wildman–Crippen MR) is 132 cm³/mol. The average molecular weight is 409 g/mol. The fourth-order valence-corrected chi connectivity index (χ4v) is 4.15. The molecular formula is C24H36N6. The molecule has 30 heavy (non-hydrogen) atoms. The SMILES string of the molecule is CCCCN(CC)c1cc(C)nc2c(-c3c(NC)cc(NC)cc3NC)cc(C)n12. The molecule has 0 spiro atoms. The maximum atomic E-state index is 4.99. The van der Waals surface area contributed by atoms with Gasteiger partial charge < -0.3 is 20.9 Å². The Labute approximate surface area is 180 Å². The summed E-state index contributed by atoms with van der Waals surface area (Å²) in [4.78, 5) is 7.45. The second-order valence-corrected chi connectivity index (χ2v) is 7.74. The molecule has 0 saturated heterocycles. The van der Waals surface area contributed by atoms with Gasteiger partial charge in [0.2, 0.25) is 0 Å². The number of nitrogens with one attached hydrogen (secondary N) is 3. The lowest BCUT2D eigenvalue weighted by molar-refractivity contribution is 0.717. The minimum Gasteiger partial charge on any atom is -0.388 e. The Balaban J connectivity index is 2.30. The van der Waals surface area contributed by atoms with E-state index < -0.39 is 0 Å². The summed E-state index contributed by atoms with van der Waals surface area (Å²) in [5, 5.41) is 10.0. The van der Waals surface area contributed by atoms with Crippen molar-refractivity contribution >= 4 is 28.5 Å². The van der Waals surface area contributed by atoms with E-state index >= 15 is 0 Å². The first-order chi connectivity index (χ1) is 14.5. The minimum atomic E-state index is 0.978. The number of rotatable bonds is 9. The van der Waals surface area contributed by atoms with Crippen LogP contribution in [-0.4, -0.2) is 43.6 Å². The fraction of sp³-hybridized carbons (Fsp3) is 0.458. The summed E-state index contributed by atoms with van der Waals surface area (Å²) in [6.07, 6.45) is 2.37. The lowest BCUT2D eigenvalue weighted by atomic mass is 10.0. The molecule has 3 aromatic rings. The normalized spacial score (nSPS) is 11.0. The minimum absolute atomic E-state index is 0.978. The Morgan fingerprint density at radius 3 is 2.13 bits per heavy atom. The number of fused-ring (bicyclic) bond motifs is 1. The molecule has 3 rings (SSSR count). The number of unbranched alkanes of at least 4 members (excludes halogenated alkanes) is 1. The van der Waals surface area contributed by atoms with Crippen molar-refractivity contribution < 1.29 is 0 Å². The van der Waals surface area contributed by atoms with E-state index in [-0.39, 0.29) is 0 Å². The molecule has 0 aliphatic rings. The number of anilines is 4. The topological polar surface area (TPSA) is 56.6 Å². The monoisotopic (exact) mass is 408 g/mol. The number of benzene rings is 1. The summed E-state index contributed by atoms with van der Waals surface area (Å²) in [6, 6.07) is 8.76. The van der Waals surface area contributed by atoms with Crippen molar-refractivity contribution in [2.24, 2.45) is 0 Å². The Hall–Kier alpha value is -2.89. The molecule has 0 atom stereocenters. The molecule has 2 aromatic heterocycles. The lowest BCUT2D eigenvalue weighted by Crippen LogP contribution is -2.26. The second-order valence-electron chi connectivity index (χ2n) is 7.74. The predicted octanol–water partition coefficient (Wildman–Crippen LogP) is 5.37. The first-order valence-electron chi connectivity index (χ1n) is 10.9. The average Bonchev–Trinajstić information content (AvgIpc) is 3.08. The standard InChI is InChI=1S/C24H36N6/c1-8-10-11-29(9-2)22-12-16(3)28-24-19(13-17(4)30(22)24)23-20(26-6)14-18(25-5)15-21(23)27-7/h12-15,25-27H,8-11H2,1-7H3. The quantitative estimate of drug-likeness (QED) is 0.444. The molecule has 0 fully saturated rings. The Kier molecular flexibility index (Phi) is 6.75. The van der Waals surface area contributed by atoms with E-state index in [1.54, 1.807) is 0 Å². The number of aromatic nitrogens is 2. The smallest absolute Gasteiger partial charge is 0.146 e. The first-order valence-corrected chi connectivity index (χ1v) is 10.9. The number of hydrogen-bond acceptors (Lipinski definition) is 5. The molecule has 0 aliphatic heterocycles. The first kappa shape index (κ1) is 21.8. The zero-order valence-electron chi connectivity index (χ0n) is 19.5. The van der Waals surface area contributed by atoms with Crippen LogP contribution >= 0.6 is 0 Å². The van der Waals surface area contributed by atoms with Crippen molar-refractivity contribution in [3.05, 3.63) is 35.7 Å². The Morgan fingerprint density at radius 1 is 0.933 bits per heavy atom. The van der Waals surface area contributed by atoms with Gasteiger partial charge in [-0.05, 0) is 45.4 Å². The van der Waals surface area contributed by atoms with Crippen molar-refractivity contribution in [2.75, 3.05) is 55.1 Å². The van der Waals surface area contributed by atoms with Crippen LogP contribution in [0.1, 0.15) is 38.1 Å². The molecule has 0 saturated carbocycles. The van der Waals surface area contributed by atoms with E-state index in [9.17, 15) is 0 Å². The molecule has 0 amide bonds. The Bertz CT molecular complexity index is 995. The summed E-state index contributed by atoms with van der Waals surface area (Å²) >= 11 is 0. The van der Waals surface area contributed by atoms with Crippen LogP contribution in [0.4, 0.5) is 22.9 Å². The van der Waals surface area contributed by atoms with E-state index in [1.807, 2.05) is 21.1 Å². The van der Waals surface area contributed by atoms with Crippen LogP contribution in [0.3, 0.4) is 0 Å². The zero-order chi connectivity index (χ0) is 21.8. The highest BCUT2D eigenvalue weighted by molar-refractivity contribution is 5.97. The summed E-state index contributed by atoms with van der Waals surface area (Å²) in [7, 11) is 5.88. The lowest BCUT2D eigenvalue weighted by Gasteiger charge is -2.25. The van der Waals surface area contributed by atoms with Gasteiger partial charge in [0, 0.05) is 79.9 Å². The van der Waals surface area contributed by atoms with Crippen LogP contribution in [0.2, 0.25) is 0 Å². The molecule has 0 aliphatic carbocycles. The van der Waals surface area contributed by atoms with Crippen LogP contribution in [-0.2, 0) is 0 Å². The molecule has 2 heterocycles. The largest absolute Gasteiger partial charge is 0.388 e. The molecule has 6 heteroatoms. The summed E-state index contributed by atoms with van der Waals surface area (Å²) in [6.45, 7) is 10.8. The third kappa shape index (κ3) is 3.91. The number of aryl methyl sites for hydroxylation is 2. The van der Waals surface area contributed by atoms with Gasteiger partial charge in [-0.2, -0.15) is 0 Å². The third-order valence-corrected chi connectivity index (χ3v) is 5.73. The number of nitrogens with zero attached hydrogens (tertiary/aromatic N) is 3. The summed E-state index contributed by atoms with van der Waals surface area (Å²) < 4.78 is 2.31. The highest BCUT2D eigenvalue weighted by Gasteiger charge is 2.21. The molecule has 1 aromatic carbocycles. The maximum Gasteiger partial charge on any atom is 0.146 e. The van der Waals surface area contributed by atoms with Crippen LogP contribution in [0, 0.1) is 13.8 Å². The summed E-state index contributed by atoms with van der Waals surface area (Å²) in [5.74, 6) is 1.22. The van der Waals surface area contributed by atoms with E-state index in [0.29, 0.717) is 0 Å².